The molecular formula is C27H32N6O4. The predicted octanol–water partition coefficient (Wildman–Crippen LogP) is 4.21. The number of H-pyrrole nitrogens is 1. The molecule has 1 atom stereocenters. The third-order valence-electron chi connectivity index (χ3n) is 7.51. The molecule has 1 fully saturated rings. The lowest BCUT2D eigenvalue weighted by Crippen LogP contribution is -2.41. The summed E-state index contributed by atoms with van der Waals surface area (Å²) in [6.07, 6.45) is 8.30. The van der Waals surface area contributed by atoms with Gasteiger partial charge in [-0.3, -0.25) is 9.69 Å². The van der Waals surface area contributed by atoms with Crippen LogP contribution in [0.1, 0.15) is 68.6 Å². The van der Waals surface area contributed by atoms with Crippen LogP contribution in [-0.4, -0.2) is 49.3 Å². The van der Waals surface area contributed by atoms with Gasteiger partial charge in [0.2, 0.25) is 0 Å². The fourth-order valence-electron chi connectivity index (χ4n) is 5.69. The number of aromatic amines is 1. The third-order valence-corrected chi connectivity index (χ3v) is 7.51. The van der Waals surface area contributed by atoms with Crippen LogP contribution in [0.15, 0.2) is 45.8 Å². The molecule has 2 aliphatic rings. The molecular weight excluding hydrogens is 472 g/mol. The Balaban J connectivity index is 1.36. The Morgan fingerprint density at radius 3 is 2.70 bits per heavy atom. The Morgan fingerprint density at radius 1 is 1.14 bits per heavy atom. The first-order valence-electron chi connectivity index (χ1n) is 13.2. The second-order valence-electron chi connectivity index (χ2n) is 9.87. The lowest BCUT2D eigenvalue weighted by atomic mass is 9.92. The maximum absolute atomic E-state index is 13.3. The van der Waals surface area contributed by atoms with Gasteiger partial charge >= 0.3 is 0 Å². The van der Waals surface area contributed by atoms with Crippen LogP contribution in [0.2, 0.25) is 0 Å². The molecule has 0 amide bonds. The first kappa shape index (κ1) is 23.7. The minimum atomic E-state index is -0.0879. The van der Waals surface area contributed by atoms with E-state index in [-0.39, 0.29) is 11.6 Å². The number of aromatic nitrogens is 5. The van der Waals surface area contributed by atoms with E-state index >= 15 is 0 Å². The summed E-state index contributed by atoms with van der Waals surface area (Å²) in [5.74, 6) is 2.97. The molecule has 1 saturated carbocycles. The molecule has 6 rings (SSSR count). The van der Waals surface area contributed by atoms with Gasteiger partial charge in [-0.2, -0.15) is 0 Å². The Morgan fingerprint density at radius 2 is 1.95 bits per heavy atom. The van der Waals surface area contributed by atoms with E-state index in [9.17, 15) is 4.79 Å². The minimum Gasteiger partial charge on any atom is -0.486 e. The van der Waals surface area contributed by atoms with Gasteiger partial charge in [0.15, 0.2) is 17.3 Å². The van der Waals surface area contributed by atoms with E-state index in [2.05, 4.69) is 32.3 Å². The summed E-state index contributed by atoms with van der Waals surface area (Å²) < 4.78 is 18.8. The number of pyridine rings is 1. The average molecular weight is 505 g/mol. The number of furan rings is 1. The number of tetrazole rings is 1. The van der Waals surface area contributed by atoms with E-state index in [0.29, 0.717) is 43.8 Å². The van der Waals surface area contributed by atoms with E-state index in [1.54, 1.807) is 6.26 Å². The van der Waals surface area contributed by atoms with Gasteiger partial charge in [-0.1, -0.05) is 26.2 Å². The Kier molecular flexibility index (Phi) is 6.65. The molecule has 1 aliphatic heterocycles. The second kappa shape index (κ2) is 10.4. The second-order valence-corrected chi connectivity index (χ2v) is 9.87. The number of ether oxygens (including phenoxy) is 2. The third kappa shape index (κ3) is 4.85. The van der Waals surface area contributed by atoms with Gasteiger partial charge in [-0.05, 0) is 54.0 Å². The summed E-state index contributed by atoms with van der Waals surface area (Å²) >= 11 is 0. The van der Waals surface area contributed by atoms with Gasteiger partial charge in [0, 0.05) is 29.6 Å². The fourth-order valence-corrected chi connectivity index (χ4v) is 5.69. The summed E-state index contributed by atoms with van der Waals surface area (Å²) in [4.78, 5) is 18.8. The first-order chi connectivity index (χ1) is 18.2. The highest BCUT2D eigenvalue weighted by atomic mass is 16.6. The number of hydrogen-bond donors (Lipinski definition) is 1. The van der Waals surface area contributed by atoms with Crippen molar-refractivity contribution in [3.8, 4) is 11.5 Å². The fraction of sp³-hybridized carbons (Fsp3) is 0.481. The summed E-state index contributed by atoms with van der Waals surface area (Å²) in [5.41, 5.74) is 1.38. The lowest BCUT2D eigenvalue weighted by molar-refractivity contribution is 0.0842. The van der Waals surface area contributed by atoms with Crippen LogP contribution in [-0.2, 0) is 13.1 Å². The topological polar surface area (TPSA) is 111 Å². The Bertz CT molecular complexity index is 1410. The highest BCUT2D eigenvalue weighted by Crippen LogP contribution is 2.35. The first-order valence-corrected chi connectivity index (χ1v) is 13.2. The number of rotatable bonds is 8. The van der Waals surface area contributed by atoms with Crippen molar-refractivity contribution < 1.29 is 13.9 Å². The maximum atomic E-state index is 13.3. The molecule has 10 heteroatoms. The van der Waals surface area contributed by atoms with E-state index in [4.69, 9.17) is 13.9 Å². The summed E-state index contributed by atoms with van der Waals surface area (Å²) in [7, 11) is 0. The number of nitrogens with one attached hydrogen (secondary N) is 1. The van der Waals surface area contributed by atoms with Crippen molar-refractivity contribution in [2.75, 3.05) is 13.2 Å². The molecule has 0 bridgehead atoms. The standard InChI is InChI=1S/C27H32N6O4/c1-2-23(26-29-30-31-33(26)17-21-9-6-10-35-21)32(20-7-4-3-5-8-20)16-19-13-18-14-24-25(37-12-11-36-24)15-22(18)28-27(19)34/h6,9-10,13-15,20,23H,2-5,7-8,11-12,16-17H2,1H3,(H,28,34)/t23-/m1/s1. The quantitative estimate of drug-likeness (QED) is 0.380. The average Bonchev–Trinajstić information content (AvgIpc) is 3.61. The SMILES string of the molecule is CC[C@H](c1nnnn1Cc1ccco1)N(Cc1cc2cc3c(cc2[nH]c1=O)OCCO3)C1CCCCC1. The van der Waals surface area contributed by atoms with E-state index < -0.39 is 0 Å². The normalized spacial score (nSPS) is 16.9. The zero-order chi connectivity index (χ0) is 25.2. The van der Waals surface area contributed by atoms with Crippen molar-refractivity contribution in [3.05, 3.63) is 64.1 Å². The molecule has 0 radical (unpaired) electrons. The Hall–Kier alpha value is -3.66. The van der Waals surface area contributed by atoms with Crippen LogP contribution in [0, 0.1) is 0 Å². The molecule has 4 aromatic rings. The van der Waals surface area contributed by atoms with Gasteiger partial charge in [-0.25, -0.2) is 4.68 Å². The van der Waals surface area contributed by atoms with Crippen LogP contribution in [0.3, 0.4) is 0 Å². The highest BCUT2D eigenvalue weighted by Gasteiger charge is 2.32. The Labute approximate surface area is 214 Å². The van der Waals surface area contributed by atoms with Gasteiger partial charge in [-0.15, -0.1) is 5.10 Å². The summed E-state index contributed by atoms with van der Waals surface area (Å²) in [6.45, 7) is 4.16. The number of fused-ring (bicyclic) bond motifs is 2. The van der Waals surface area contributed by atoms with Crippen molar-refractivity contribution in [2.45, 2.75) is 70.6 Å². The molecule has 1 aromatic carbocycles. The smallest absolute Gasteiger partial charge is 0.252 e. The number of hydrogen-bond acceptors (Lipinski definition) is 8. The minimum absolute atomic E-state index is 0.0385. The lowest BCUT2D eigenvalue weighted by Gasteiger charge is -2.39. The predicted molar refractivity (Wildman–Crippen MR) is 137 cm³/mol. The van der Waals surface area contributed by atoms with Crippen LogP contribution in [0.25, 0.3) is 10.9 Å². The molecule has 0 spiro atoms. The summed E-state index contributed by atoms with van der Waals surface area (Å²) in [6, 6.07) is 9.90. The molecule has 194 valence electrons. The molecule has 1 aliphatic carbocycles. The molecule has 3 aromatic heterocycles. The van der Waals surface area contributed by atoms with E-state index in [1.165, 1.54) is 19.3 Å². The van der Waals surface area contributed by atoms with Crippen molar-refractivity contribution in [2.24, 2.45) is 0 Å². The maximum Gasteiger partial charge on any atom is 0.252 e. The zero-order valence-electron chi connectivity index (χ0n) is 21.1. The van der Waals surface area contributed by atoms with E-state index in [0.717, 1.165) is 47.3 Å². The van der Waals surface area contributed by atoms with E-state index in [1.807, 2.05) is 35.0 Å². The molecule has 1 N–H and O–H groups in total. The highest BCUT2D eigenvalue weighted by molar-refractivity contribution is 5.83. The largest absolute Gasteiger partial charge is 0.486 e. The van der Waals surface area contributed by atoms with Crippen molar-refractivity contribution >= 4 is 10.9 Å². The van der Waals surface area contributed by atoms with Crippen molar-refractivity contribution in [1.82, 2.24) is 30.1 Å². The molecule has 0 saturated heterocycles. The van der Waals surface area contributed by atoms with Gasteiger partial charge < -0.3 is 18.9 Å². The van der Waals surface area contributed by atoms with Crippen LogP contribution in [0.4, 0.5) is 0 Å². The van der Waals surface area contributed by atoms with Gasteiger partial charge in [0.25, 0.3) is 5.56 Å². The van der Waals surface area contributed by atoms with Gasteiger partial charge in [0.1, 0.15) is 25.5 Å². The summed E-state index contributed by atoms with van der Waals surface area (Å²) in [5, 5.41) is 13.7. The van der Waals surface area contributed by atoms with Crippen LogP contribution in [0.5, 0.6) is 11.5 Å². The molecule has 0 unspecified atom stereocenters. The molecule has 10 nitrogen and oxygen atoms in total. The monoisotopic (exact) mass is 504 g/mol. The zero-order valence-corrected chi connectivity index (χ0v) is 21.1. The number of nitrogens with zero attached hydrogens (tertiary/aromatic N) is 5. The van der Waals surface area contributed by atoms with Crippen molar-refractivity contribution in [3.63, 3.8) is 0 Å². The molecule has 37 heavy (non-hydrogen) atoms. The van der Waals surface area contributed by atoms with Crippen LogP contribution >= 0.6 is 0 Å². The number of benzene rings is 1. The van der Waals surface area contributed by atoms with Crippen molar-refractivity contribution in [1.29, 1.82) is 0 Å². The molecule has 4 heterocycles. The van der Waals surface area contributed by atoms with Gasteiger partial charge in [0.05, 0.1) is 17.8 Å². The van der Waals surface area contributed by atoms with Crippen LogP contribution < -0.4 is 15.0 Å².